The van der Waals surface area contributed by atoms with Crippen LogP contribution in [0.1, 0.15) is 27.2 Å². The van der Waals surface area contributed by atoms with E-state index in [1.807, 2.05) is 0 Å². The Kier molecular flexibility index (Phi) is 3.54. The third-order valence-corrected chi connectivity index (χ3v) is 2.08. The molecule has 1 aliphatic rings. The van der Waals surface area contributed by atoms with Gasteiger partial charge in [0.15, 0.2) is 0 Å². The van der Waals surface area contributed by atoms with Crippen molar-refractivity contribution in [3.63, 3.8) is 0 Å². The van der Waals surface area contributed by atoms with Crippen molar-refractivity contribution >= 4 is 6.09 Å². The molecular weight excluding hydrogens is 199 g/mol. The number of carbonyl (C=O) groups is 1. The molecule has 0 bridgehead atoms. The minimum Gasteiger partial charge on any atom is -0.444 e. The lowest BCUT2D eigenvalue weighted by Crippen LogP contribution is -2.51. The molecule has 88 valence electrons. The predicted octanol–water partition coefficient (Wildman–Crippen LogP) is 1.29. The Labute approximate surface area is 89.6 Å². The summed E-state index contributed by atoms with van der Waals surface area (Å²) in [5.41, 5.74) is 5.08. The number of hydrogen-bond donors (Lipinski definition) is 1. The summed E-state index contributed by atoms with van der Waals surface area (Å²) in [5.74, 6) is 0. The molecule has 1 fully saturated rings. The molecule has 0 aromatic carbocycles. The van der Waals surface area contributed by atoms with Crippen molar-refractivity contribution in [2.24, 2.45) is 5.73 Å². The summed E-state index contributed by atoms with van der Waals surface area (Å²) in [6.45, 7) is 5.79. The number of halogens is 1. The van der Waals surface area contributed by atoms with Crippen molar-refractivity contribution in [1.82, 2.24) is 4.90 Å². The summed E-state index contributed by atoms with van der Waals surface area (Å²) in [4.78, 5) is 12.9. The molecule has 0 unspecified atom stereocenters. The van der Waals surface area contributed by atoms with Gasteiger partial charge in [-0.2, -0.15) is 0 Å². The van der Waals surface area contributed by atoms with Crippen molar-refractivity contribution in [3.8, 4) is 0 Å². The van der Waals surface area contributed by atoms with Crippen LogP contribution in [0.2, 0.25) is 0 Å². The number of amides is 1. The third kappa shape index (κ3) is 4.03. The van der Waals surface area contributed by atoms with E-state index in [0.29, 0.717) is 13.0 Å². The van der Waals surface area contributed by atoms with E-state index in [-0.39, 0.29) is 12.6 Å². The Bertz CT molecular complexity index is 230. The van der Waals surface area contributed by atoms with E-state index in [1.165, 1.54) is 4.90 Å². The van der Waals surface area contributed by atoms with Crippen LogP contribution in [-0.4, -0.2) is 41.9 Å². The molecule has 5 heteroatoms. The second kappa shape index (κ2) is 4.35. The van der Waals surface area contributed by atoms with Crippen LogP contribution in [0.5, 0.6) is 0 Å². The van der Waals surface area contributed by atoms with Gasteiger partial charge in [0.2, 0.25) is 0 Å². The third-order valence-electron chi connectivity index (χ3n) is 2.08. The van der Waals surface area contributed by atoms with E-state index in [9.17, 15) is 9.18 Å². The zero-order valence-corrected chi connectivity index (χ0v) is 9.50. The summed E-state index contributed by atoms with van der Waals surface area (Å²) >= 11 is 0. The van der Waals surface area contributed by atoms with E-state index in [4.69, 9.17) is 10.5 Å². The van der Waals surface area contributed by atoms with Crippen LogP contribution in [0.4, 0.5) is 9.18 Å². The molecule has 0 aromatic heterocycles. The number of nitrogens with zero attached hydrogens (tertiary/aromatic N) is 1. The van der Waals surface area contributed by atoms with E-state index < -0.39 is 17.9 Å². The van der Waals surface area contributed by atoms with E-state index in [1.54, 1.807) is 20.8 Å². The SMILES string of the molecule is CC(C)(C)OC(=O)N1C[C@@H](N)C[C@@H](F)C1. The molecule has 0 aliphatic carbocycles. The molecule has 4 nitrogen and oxygen atoms in total. The molecule has 15 heavy (non-hydrogen) atoms. The van der Waals surface area contributed by atoms with Crippen molar-refractivity contribution in [1.29, 1.82) is 0 Å². The van der Waals surface area contributed by atoms with Crippen LogP contribution >= 0.6 is 0 Å². The summed E-state index contributed by atoms with van der Waals surface area (Å²) in [6, 6.07) is -0.290. The molecule has 0 radical (unpaired) electrons. The fourth-order valence-electron chi connectivity index (χ4n) is 1.55. The Morgan fingerprint density at radius 1 is 1.47 bits per heavy atom. The van der Waals surface area contributed by atoms with Crippen LogP contribution in [0, 0.1) is 0 Å². The first-order valence-electron chi connectivity index (χ1n) is 5.15. The monoisotopic (exact) mass is 218 g/mol. The standard InChI is InChI=1S/C10H19FN2O2/c1-10(2,3)15-9(14)13-5-7(11)4-8(12)6-13/h7-8H,4-6,12H2,1-3H3/t7-,8+/m1/s1. The lowest BCUT2D eigenvalue weighted by atomic mass is 10.1. The van der Waals surface area contributed by atoms with Crippen LogP contribution in [-0.2, 0) is 4.74 Å². The summed E-state index contributed by atoms with van der Waals surface area (Å²) in [7, 11) is 0. The van der Waals surface area contributed by atoms with E-state index in [0.717, 1.165) is 0 Å². The molecule has 1 aliphatic heterocycles. The van der Waals surface area contributed by atoms with Gasteiger partial charge in [0.25, 0.3) is 0 Å². The summed E-state index contributed by atoms with van der Waals surface area (Å²) < 4.78 is 18.3. The quantitative estimate of drug-likeness (QED) is 0.666. The van der Waals surface area contributed by atoms with Gasteiger partial charge in [0.1, 0.15) is 11.8 Å². The summed E-state index contributed by atoms with van der Waals surface area (Å²) in [5, 5.41) is 0. The lowest BCUT2D eigenvalue weighted by molar-refractivity contribution is 0.0115. The Hall–Kier alpha value is -0.840. The molecule has 1 saturated heterocycles. The minimum atomic E-state index is -1.04. The zero-order chi connectivity index (χ0) is 11.6. The van der Waals surface area contributed by atoms with Gasteiger partial charge in [-0.3, -0.25) is 0 Å². The molecule has 0 spiro atoms. The maximum absolute atomic E-state index is 13.1. The van der Waals surface area contributed by atoms with Gasteiger partial charge in [-0.15, -0.1) is 0 Å². The molecule has 1 rings (SSSR count). The maximum Gasteiger partial charge on any atom is 0.410 e. The highest BCUT2D eigenvalue weighted by Gasteiger charge is 2.30. The van der Waals surface area contributed by atoms with Gasteiger partial charge < -0.3 is 15.4 Å². The number of hydrogen-bond acceptors (Lipinski definition) is 3. The number of rotatable bonds is 0. The molecule has 0 aromatic rings. The second-order valence-electron chi connectivity index (χ2n) is 4.98. The average Bonchev–Trinajstić information content (AvgIpc) is 1.98. The van der Waals surface area contributed by atoms with Crippen LogP contribution < -0.4 is 5.73 Å². The number of carbonyl (C=O) groups excluding carboxylic acids is 1. The smallest absolute Gasteiger partial charge is 0.410 e. The molecular formula is C10H19FN2O2. The minimum absolute atomic E-state index is 0.0859. The highest BCUT2D eigenvalue weighted by molar-refractivity contribution is 5.68. The number of ether oxygens (including phenoxy) is 1. The summed E-state index contributed by atoms with van der Waals surface area (Å²) in [6.07, 6.45) is -1.21. The Morgan fingerprint density at radius 2 is 2.07 bits per heavy atom. The highest BCUT2D eigenvalue weighted by atomic mass is 19.1. The van der Waals surface area contributed by atoms with Gasteiger partial charge in [-0.25, -0.2) is 9.18 Å². The largest absolute Gasteiger partial charge is 0.444 e. The number of piperidine rings is 1. The molecule has 1 heterocycles. The molecule has 2 N–H and O–H groups in total. The molecule has 0 saturated carbocycles. The van der Waals surface area contributed by atoms with Gasteiger partial charge >= 0.3 is 6.09 Å². The van der Waals surface area contributed by atoms with Crippen LogP contribution in [0.25, 0.3) is 0 Å². The first-order chi connectivity index (χ1) is 6.78. The second-order valence-corrected chi connectivity index (χ2v) is 4.98. The van der Waals surface area contributed by atoms with Crippen LogP contribution in [0.15, 0.2) is 0 Å². The van der Waals surface area contributed by atoms with Crippen LogP contribution in [0.3, 0.4) is 0 Å². The lowest BCUT2D eigenvalue weighted by Gasteiger charge is -2.34. The average molecular weight is 218 g/mol. The fourth-order valence-corrected chi connectivity index (χ4v) is 1.55. The number of alkyl halides is 1. The molecule has 2 atom stereocenters. The van der Waals surface area contributed by atoms with Crippen molar-refractivity contribution in [2.75, 3.05) is 13.1 Å². The molecule has 1 amide bonds. The van der Waals surface area contributed by atoms with Gasteiger partial charge in [-0.05, 0) is 27.2 Å². The first kappa shape index (κ1) is 12.2. The highest BCUT2D eigenvalue weighted by Crippen LogP contribution is 2.16. The normalized spacial score (nSPS) is 27.7. The van der Waals surface area contributed by atoms with Gasteiger partial charge in [0.05, 0.1) is 6.54 Å². The Balaban J connectivity index is 2.52. The first-order valence-corrected chi connectivity index (χ1v) is 5.15. The van der Waals surface area contributed by atoms with Gasteiger partial charge in [-0.1, -0.05) is 0 Å². The van der Waals surface area contributed by atoms with Crippen molar-refractivity contribution in [3.05, 3.63) is 0 Å². The predicted molar refractivity (Wildman–Crippen MR) is 55.3 cm³/mol. The Morgan fingerprint density at radius 3 is 2.53 bits per heavy atom. The topological polar surface area (TPSA) is 55.6 Å². The number of nitrogens with two attached hydrogens (primary N) is 1. The van der Waals surface area contributed by atoms with Crippen molar-refractivity contribution < 1.29 is 13.9 Å². The van der Waals surface area contributed by atoms with E-state index in [2.05, 4.69) is 0 Å². The zero-order valence-electron chi connectivity index (χ0n) is 9.50. The maximum atomic E-state index is 13.1. The van der Waals surface area contributed by atoms with E-state index >= 15 is 0 Å². The fraction of sp³-hybridized carbons (Fsp3) is 0.900. The van der Waals surface area contributed by atoms with Gasteiger partial charge in [0, 0.05) is 12.6 Å². The van der Waals surface area contributed by atoms with Crippen molar-refractivity contribution in [2.45, 2.75) is 45.0 Å². The number of likely N-dealkylation sites (tertiary alicyclic amines) is 1.